The first-order chi connectivity index (χ1) is 11.8. The van der Waals surface area contributed by atoms with Gasteiger partial charge in [-0.3, -0.25) is 4.84 Å². The predicted octanol–water partition coefficient (Wildman–Crippen LogP) is 4.57. The molecule has 1 aliphatic heterocycles. The van der Waals surface area contributed by atoms with E-state index in [1.54, 1.807) is 26.8 Å². The molecule has 0 aromatic carbocycles. The summed E-state index contributed by atoms with van der Waals surface area (Å²) in [5, 5.41) is 11.2. The molecule has 4 nitrogen and oxygen atoms in total. The van der Waals surface area contributed by atoms with Gasteiger partial charge in [0.25, 0.3) is 0 Å². The van der Waals surface area contributed by atoms with Gasteiger partial charge in [-0.25, -0.2) is 4.39 Å². The zero-order valence-electron chi connectivity index (χ0n) is 16.1. The molecule has 140 valence electrons. The maximum atomic E-state index is 14.5. The highest BCUT2D eigenvalue weighted by atomic mass is 19.1. The first-order valence-electron chi connectivity index (χ1n) is 9.46. The molecule has 0 aromatic rings. The van der Waals surface area contributed by atoms with Crippen LogP contribution in [-0.4, -0.2) is 42.2 Å². The molecule has 0 amide bonds. The Hall–Kier alpha value is -1.38. The van der Waals surface area contributed by atoms with Crippen molar-refractivity contribution in [1.82, 2.24) is 9.96 Å². The Balaban J connectivity index is 1.89. The summed E-state index contributed by atoms with van der Waals surface area (Å²) < 4.78 is 14.5. The number of piperazine rings is 1. The lowest BCUT2D eigenvalue weighted by molar-refractivity contribution is -0.216. The molecule has 2 aliphatic rings. The van der Waals surface area contributed by atoms with Crippen molar-refractivity contribution in [3.63, 3.8) is 0 Å². The van der Waals surface area contributed by atoms with Crippen LogP contribution in [0.2, 0.25) is 0 Å². The summed E-state index contributed by atoms with van der Waals surface area (Å²) in [5.41, 5.74) is 0.601. The van der Waals surface area contributed by atoms with Crippen LogP contribution in [0.4, 0.5) is 4.39 Å². The van der Waals surface area contributed by atoms with Crippen molar-refractivity contribution >= 4 is 0 Å². The normalized spacial score (nSPS) is 22.6. The second-order valence-corrected chi connectivity index (χ2v) is 7.78. The zero-order chi connectivity index (χ0) is 18.4. The summed E-state index contributed by atoms with van der Waals surface area (Å²) >= 11 is 0. The van der Waals surface area contributed by atoms with Crippen LogP contribution in [0.1, 0.15) is 59.8 Å². The standard InChI is InChI=1S/C20H32FN3O/c1-16(14-19(21)17(2)20(3,4)15-22)23-10-12-24(13-11-23)25-18-8-6-5-7-9-18/h14,18H,5-13H2,1-4H3/b16-14+,19-17-. The molecule has 0 spiro atoms. The van der Waals surface area contributed by atoms with Gasteiger partial charge in [0, 0.05) is 31.9 Å². The van der Waals surface area contributed by atoms with E-state index >= 15 is 0 Å². The highest BCUT2D eigenvalue weighted by Crippen LogP contribution is 2.29. The van der Waals surface area contributed by atoms with Gasteiger partial charge in [0.2, 0.25) is 0 Å². The van der Waals surface area contributed by atoms with E-state index < -0.39 is 5.41 Å². The van der Waals surface area contributed by atoms with E-state index in [0.717, 1.165) is 31.9 Å². The quantitative estimate of drug-likeness (QED) is 0.682. The minimum Gasteiger partial charge on any atom is -0.372 e. The molecule has 1 heterocycles. The molecule has 5 heteroatoms. The van der Waals surface area contributed by atoms with Crippen molar-refractivity contribution < 1.29 is 9.23 Å². The molecule has 2 fully saturated rings. The molecule has 0 aromatic heterocycles. The molecule has 0 atom stereocenters. The fourth-order valence-corrected chi connectivity index (χ4v) is 3.29. The van der Waals surface area contributed by atoms with Crippen molar-refractivity contribution in [1.29, 1.82) is 5.26 Å². The van der Waals surface area contributed by atoms with Crippen LogP contribution in [0.5, 0.6) is 0 Å². The van der Waals surface area contributed by atoms with E-state index in [4.69, 9.17) is 10.1 Å². The molecular weight excluding hydrogens is 317 g/mol. The third-order valence-corrected chi connectivity index (χ3v) is 5.50. The minimum atomic E-state index is -0.784. The Morgan fingerprint density at radius 2 is 1.72 bits per heavy atom. The van der Waals surface area contributed by atoms with Crippen LogP contribution in [-0.2, 0) is 4.84 Å². The first kappa shape index (κ1) is 19.9. The number of hydroxylamine groups is 2. The summed E-state index contributed by atoms with van der Waals surface area (Å²) in [6, 6.07) is 2.16. The lowest BCUT2D eigenvalue weighted by Gasteiger charge is -2.38. The Bertz CT molecular complexity index is 548. The number of nitriles is 1. The van der Waals surface area contributed by atoms with E-state index in [2.05, 4.69) is 16.0 Å². The Kier molecular flexibility index (Phi) is 7.04. The summed E-state index contributed by atoms with van der Waals surface area (Å²) in [5.74, 6) is -0.301. The van der Waals surface area contributed by atoms with Crippen molar-refractivity contribution in [2.75, 3.05) is 26.2 Å². The van der Waals surface area contributed by atoms with Crippen molar-refractivity contribution in [3.05, 3.63) is 23.2 Å². The minimum absolute atomic E-state index is 0.301. The van der Waals surface area contributed by atoms with Gasteiger partial charge in [0.05, 0.1) is 17.6 Å². The zero-order valence-corrected chi connectivity index (χ0v) is 16.1. The summed E-state index contributed by atoms with van der Waals surface area (Å²) in [6.45, 7) is 10.5. The van der Waals surface area contributed by atoms with Gasteiger partial charge in [0.1, 0.15) is 5.83 Å². The van der Waals surface area contributed by atoms with Gasteiger partial charge >= 0.3 is 0 Å². The smallest absolute Gasteiger partial charge is 0.125 e. The molecule has 1 saturated heterocycles. The monoisotopic (exact) mass is 349 g/mol. The molecule has 25 heavy (non-hydrogen) atoms. The number of rotatable bonds is 5. The van der Waals surface area contributed by atoms with E-state index in [0.29, 0.717) is 11.7 Å². The average molecular weight is 349 g/mol. The van der Waals surface area contributed by atoms with Gasteiger partial charge in [-0.05, 0) is 52.2 Å². The van der Waals surface area contributed by atoms with Crippen molar-refractivity contribution in [2.45, 2.75) is 65.9 Å². The van der Waals surface area contributed by atoms with E-state index in [1.807, 2.05) is 6.92 Å². The SMILES string of the molecule is C/C(=C(F)\C=C(/C)N1CCN(OC2CCCCC2)CC1)C(C)(C)C#N. The molecule has 1 saturated carbocycles. The van der Waals surface area contributed by atoms with Crippen LogP contribution in [0.15, 0.2) is 23.2 Å². The third-order valence-electron chi connectivity index (χ3n) is 5.50. The van der Waals surface area contributed by atoms with Crippen LogP contribution in [0.3, 0.4) is 0 Å². The number of hydrogen-bond acceptors (Lipinski definition) is 4. The maximum absolute atomic E-state index is 14.5. The number of halogens is 1. The van der Waals surface area contributed by atoms with E-state index in [1.165, 1.54) is 32.1 Å². The lowest BCUT2D eigenvalue weighted by Crippen LogP contribution is -2.46. The molecule has 2 rings (SSSR count). The van der Waals surface area contributed by atoms with E-state index in [9.17, 15) is 4.39 Å². The van der Waals surface area contributed by atoms with Crippen molar-refractivity contribution in [2.24, 2.45) is 5.41 Å². The van der Waals surface area contributed by atoms with Crippen LogP contribution in [0.25, 0.3) is 0 Å². The number of hydrogen-bond donors (Lipinski definition) is 0. The van der Waals surface area contributed by atoms with Crippen molar-refractivity contribution in [3.8, 4) is 6.07 Å². The molecular formula is C20H32FN3O. The third kappa shape index (κ3) is 5.55. The Morgan fingerprint density at radius 3 is 2.28 bits per heavy atom. The van der Waals surface area contributed by atoms with Gasteiger partial charge in [-0.1, -0.05) is 19.3 Å². The molecule has 0 bridgehead atoms. The molecule has 0 unspecified atom stereocenters. The Morgan fingerprint density at radius 1 is 1.12 bits per heavy atom. The average Bonchev–Trinajstić information content (AvgIpc) is 2.62. The summed E-state index contributed by atoms with van der Waals surface area (Å²) in [6.07, 6.45) is 8.16. The van der Waals surface area contributed by atoms with Crippen LogP contribution < -0.4 is 0 Å². The van der Waals surface area contributed by atoms with Crippen LogP contribution >= 0.6 is 0 Å². The Labute approximate surface area is 151 Å². The highest BCUT2D eigenvalue weighted by molar-refractivity contribution is 5.29. The maximum Gasteiger partial charge on any atom is 0.125 e. The van der Waals surface area contributed by atoms with Crippen LogP contribution in [0, 0.1) is 16.7 Å². The number of allylic oxidation sites excluding steroid dienone is 4. The summed E-state index contributed by atoms with van der Waals surface area (Å²) in [7, 11) is 0. The predicted molar refractivity (Wildman–Crippen MR) is 98.1 cm³/mol. The van der Waals surface area contributed by atoms with Gasteiger partial charge < -0.3 is 4.90 Å². The fourth-order valence-electron chi connectivity index (χ4n) is 3.29. The summed E-state index contributed by atoms with van der Waals surface area (Å²) in [4.78, 5) is 8.29. The molecule has 1 aliphatic carbocycles. The largest absolute Gasteiger partial charge is 0.372 e. The van der Waals surface area contributed by atoms with Gasteiger partial charge in [-0.15, -0.1) is 0 Å². The topological polar surface area (TPSA) is 39.5 Å². The second-order valence-electron chi connectivity index (χ2n) is 7.78. The fraction of sp³-hybridized carbons (Fsp3) is 0.750. The van der Waals surface area contributed by atoms with Gasteiger partial charge in [-0.2, -0.15) is 10.3 Å². The van der Waals surface area contributed by atoms with E-state index in [-0.39, 0.29) is 5.83 Å². The number of nitrogens with zero attached hydrogens (tertiary/aromatic N) is 3. The first-order valence-corrected chi connectivity index (χ1v) is 9.46. The molecule has 0 N–H and O–H groups in total. The molecule has 0 radical (unpaired) electrons. The highest BCUT2D eigenvalue weighted by Gasteiger charge is 2.24. The lowest BCUT2D eigenvalue weighted by atomic mass is 9.86. The second kappa shape index (κ2) is 8.82. The van der Waals surface area contributed by atoms with Gasteiger partial charge in [0.15, 0.2) is 0 Å².